The van der Waals surface area contributed by atoms with Crippen LogP contribution in [0.15, 0.2) is 42.5 Å². The van der Waals surface area contributed by atoms with Crippen molar-refractivity contribution in [3.63, 3.8) is 0 Å². The van der Waals surface area contributed by atoms with E-state index >= 15 is 0 Å². The molecule has 0 radical (unpaired) electrons. The van der Waals surface area contributed by atoms with Gasteiger partial charge in [-0.15, -0.1) is 11.6 Å². The molecular weight excluding hydrogens is 270 g/mol. The molecule has 3 rings (SSSR count). The van der Waals surface area contributed by atoms with E-state index in [9.17, 15) is 4.79 Å². The van der Waals surface area contributed by atoms with Gasteiger partial charge in [-0.1, -0.05) is 30.3 Å². The first kappa shape index (κ1) is 13.4. The summed E-state index contributed by atoms with van der Waals surface area (Å²) in [5.41, 5.74) is 0.777. The van der Waals surface area contributed by atoms with E-state index in [4.69, 9.17) is 11.6 Å². The second-order valence-corrected chi connectivity index (χ2v) is 5.78. The first-order valence-corrected chi connectivity index (χ1v) is 7.65. The van der Waals surface area contributed by atoms with Gasteiger partial charge in [0.15, 0.2) is 0 Å². The van der Waals surface area contributed by atoms with Crippen molar-refractivity contribution >= 4 is 28.3 Å². The van der Waals surface area contributed by atoms with Crippen LogP contribution in [0.4, 0.5) is 0 Å². The van der Waals surface area contributed by atoms with Crippen LogP contribution in [-0.4, -0.2) is 29.8 Å². The lowest BCUT2D eigenvalue weighted by molar-refractivity contribution is 0.0685. The van der Waals surface area contributed by atoms with Crippen molar-refractivity contribution < 1.29 is 4.79 Å². The Morgan fingerprint density at radius 2 is 2.00 bits per heavy atom. The molecule has 1 unspecified atom stereocenters. The van der Waals surface area contributed by atoms with Crippen molar-refractivity contribution in [1.29, 1.82) is 0 Å². The molecule has 3 heteroatoms. The maximum Gasteiger partial charge on any atom is 0.253 e. The van der Waals surface area contributed by atoms with Crippen molar-refractivity contribution in [2.24, 2.45) is 5.92 Å². The molecule has 1 amide bonds. The van der Waals surface area contributed by atoms with E-state index in [1.807, 2.05) is 41.3 Å². The molecule has 1 aliphatic rings. The second-order valence-electron chi connectivity index (χ2n) is 5.48. The van der Waals surface area contributed by atoms with Crippen molar-refractivity contribution in [2.75, 3.05) is 19.0 Å². The molecule has 2 nitrogen and oxygen atoms in total. The zero-order valence-corrected chi connectivity index (χ0v) is 12.1. The highest BCUT2D eigenvalue weighted by atomic mass is 35.5. The number of rotatable bonds is 2. The summed E-state index contributed by atoms with van der Waals surface area (Å²) in [5.74, 6) is 1.21. The molecule has 1 saturated heterocycles. The maximum atomic E-state index is 12.6. The molecule has 1 atom stereocenters. The van der Waals surface area contributed by atoms with Crippen LogP contribution in [0, 0.1) is 5.92 Å². The van der Waals surface area contributed by atoms with E-state index in [-0.39, 0.29) is 5.91 Å². The van der Waals surface area contributed by atoms with Gasteiger partial charge in [0.25, 0.3) is 5.91 Å². The zero-order valence-electron chi connectivity index (χ0n) is 11.4. The lowest BCUT2D eigenvalue weighted by Crippen LogP contribution is -2.40. The predicted molar refractivity (Wildman–Crippen MR) is 83.3 cm³/mol. The third-order valence-corrected chi connectivity index (χ3v) is 4.46. The largest absolute Gasteiger partial charge is 0.338 e. The maximum absolute atomic E-state index is 12.6. The summed E-state index contributed by atoms with van der Waals surface area (Å²) < 4.78 is 0. The fourth-order valence-corrected chi connectivity index (χ4v) is 3.13. The Morgan fingerprint density at radius 3 is 2.80 bits per heavy atom. The second kappa shape index (κ2) is 5.84. The number of likely N-dealkylation sites (tertiary alicyclic amines) is 1. The number of benzene rings is 2. The minimum atomic E-state index is 0.130. The van der Waals surface area contributed by atoms with Crippen LogP contribution < -0.4 is 0 Å². The summed E-state index contributed by atoms with van der Waals surface area (Å²) in [6.07, 6.45) is 2.18. The molecule has 2 aromatic carbocycles. The number of piperidine rings is 1. The lowest BCUT2D eigenvalue weighted by Gasteiger charge is -2.32. The minimum Gasteiger partial charge on any atom is -0.338 e. The Bertz CT molecular complexity index is 625. The van der Waals surface area contributed by atoms with Gasteiger partial charge in [0.1, 0.15) is 0 Å². The average Bonchev–Trinajstić information content (AvgIpc) is 2.53. The molecule has 0 aliphatic carbocycles. The van der Waals surface area contributed by atoms with E-state index < -0.39 is 0 Å². The lowest BCUT2D eigenvalue weighted by atomic mass is 9.99. The SMILES string of the molecule is O=C(c1ccc2ccccc2c1)N1CCCC(CCl)C1. The highest BCUT2D eigenvalue weighted by Crippen LogP contribution is 2.21. The molecule has 20 heavy (non-hydrogen) atoms. The molecule has 0 aromatic heterocycles. The van der Waals surface area contributed by atoms with Gasteiger partial charge in [-0.2, -0.15) is 0 Å². The topological polar surface area (TPSA) is 20.3 Å². The summed E-state index contributed by atoms with van der Waals surface area (Å²) in [6, 6.07) is 14.1. The van der Waals surface area contributed by atoms with Crippen molar-refractivity contribution in [2.45, 2.75) is 12.8 Å². The highest BCUT2D eigenvalue weighted by molar-refractivity contribution is 6.18. The number of fused-ring (bicyclic) bond motifs is 1. The number of halogens is 1. The number of amides is 1. The van der Waals surface area contributed by atoms with E-state index in [0.29, 0.717) is 11.8 Å². The monoisotopic (exact) mass is 287 g/mol. The summed E-state index contributed by atoms with van der Waals surface area (Å²) in [6.45, 7) is 1.63. The molecule has 1 heterocycles. The summed E-state index contributed by atoms with van der Waals surface area (Å²) in [7, 11) is 0. The number of hydrogen-bond donors (Lipinski definition) is 0. The zero-order chi connectivity index (χ0) is 13.9. The van der Waals surface area contributed by atoms with Gasteiger partial charge in [0.05, 0.1) is 0 Å². The number of nitrogens with zero attached hydrogens (tertiary/aromatic N) is 1. The normalized spacial score (nSPS) is 19.2. The number of carbonyl (C=O) groups is 1. The van der Waals surface area contributed by atoms with Gasteiger partial charge in [-0.3, -0.25) is 4.79 Å². The Labute approximate surface area is 124 Å². The van der Waals surface area contributed by atoms with E-state index in [2.05, 4.69) is 6.07 Å². The average molecular weight is 288 g/mol. The van der Waals surface area contributed by atoms with Crippen LogP contribution in [-0.2, 0) is 0 Å². The first-order valence-electron chi connectivity index (χ1n) is 7.12. The Hall–Kier alpha value is -1.54. The van der Waals surface area contributed by atoms with Crippen LogP contribution in [0.3, 0.4) is 0 Å². The smallest absolute Gasteiger partial charge is 0.253 e. The molecule has 0 N–H and O–H groups in total. The van der Waals surface area contributed by atoms with Gasteiger partial charge >= 0.3 is 0 Å². The molecular formula is C17H18ClNO. The highest BCUT2D eigenvalue weighted by Gasteiger charge is 2.23. The van der Waals surface area contributed by atoms with E-state index in [1.165, 1.54) is 5.39 Å². The molecule has 1 fully saturated rings. The number of carbonyl (C=O) groups excluding carboxylic acids is 1. The Balaban J connectivity index is 1.84. The van der Waals surface area contributed by atoms with Crippen LogP contribution in [0.2, 0.25) is 0 Å². The van der Waals surface area contributed by atoms with Gasteiger partial charge in [-0.05, 0) is 41.7 Å². The van der Waals surface area contributed by atoms with E-state index in [0.717, 1.165) is 36.9 Å². The van der Waals surface area contributed by atoms with Crippen molar-refractivity contribution in [3.05, 3.63) is 48.0 Å². The third-order valence-electron chi connectivity index (χ3n) is 4.02. The number of alkyl halides is 1. The molecule has 0 saturated carbocycles. The Morgan fingerprint density at radius 1 is 1.20 bits per heavy atom. The summed E-state index contributed by atoms with van der Waals surface area (Å²) in [4.78, 5) is 14.5. The van der Waals surface area contributed by atoms with Gasteiger partial charge in [0, 0.05) is 24.5 Å². The molecule has 104 valence electrons. The molecule has 2 aromatic rings. The molecule has 0 bridgehead atoms. The Kier molecular flexibility index (Phi) is 3.93. The quantitative estimate of drug-likeness (QED) is 0.767. The first-order chi connectivity index (χ1) is 9.78. The van der Waals surface area contributed by atoms with E-state index in [1.54, 1.807) is 0 Å². The van der Waals surface area contributed by atoms with Crippen molar-refractivity contribution in [3.8, 4) is 0 Å². The van der Waals surface area contributed by atoms with Gasteiger partial charge in [-0.25, -0.2) is 0 Å². The number of hydrogen-bond acceptors (Lipinski definition) is 1. The van der Waals surface area contributed by atoms with Crippen LogP contribution in [0.1, 0.15) is 23.2 Å². The minimum absolute atomic E-state index is 0.130. The van der Waals surface area contributed by atoms with Crippen LogP contribution >= 0.6 is 11.6 Å². The van der Waals surface area contributed by atoms with Crippen molar-refractivity contribution in [1.82, 2.24) is 4.90 Å². The fraction of sp³-hybridized carbons (Fsp3) is 0.353. The van der Waals surface area contributed by atoms with Crippen LogP contribution in [0.5, 0.6) is 0 Å². The molecule has 0 spiro atoms. The summed E-state index contributed by atoms with van der Waals surface area (Å²) >= 11 is 5.94. The third kappa shape index (κ3) is 2.66. The summed E-state index contributed by atoms with van der Waals surface area (Å²) in [5, 5.41) is 2.28. The fourth-order valence-electron chi connectivity index (χ4n) is 2.88. The van der Waals surface area contributed by atoms with Gasteiger partial charge in [0.2, 0.25) is 0 Å². The van der Waals surface area contributed by atoms with Crippen LogP contribution in [0.25, 0.3) is 10.8 Å². The standard InChI is InChI=1S/C17H18ClNO/c18-11-13-4-3-9-19(12-13)17(20)16-8-7-14-5-1-2-6-15(14)10-16/h1-2,5-8,10,13H,3-4,9,11-12H2. The van der Waals surface area contributed by atoms with Gasteiger partial charge < -0.3 is 4.90 Å². The predicted octanol–water partition coefficient (Wildman–Crippen LogP) is 3.93. The molecule has 1 aliphatic heterocycles.